The van der Waals surface area contributed by atoms with Crippen molar-refractivity contribution < 1.29 is 17.8 Å². The minimum atomic E-state index is -1.09. The Kier molecular flexibility index (Phi) is 8.93. The number of aromatic nitrogens is 1. The van der Waals surface area contributed by atoms with E-state index in [4.69, 9.17) is 0 Å². The van der Waals surface area contributed by atoms with Crippen molar-refractivity contribution in [3.8, 4) is 0 Å². The molecule has 0 bridgehead atoms. The lowest BCUT2D eigenvalue weighted by molar-refractivity contribution is 0.0983. The summed E-state index contributed by atoms with van der Waals surface area (Å²) in [6.07, 6.45) is 3.09. The number of ketones is 1. The van der Waals surface area contributed by atoms with Crippen molar-refractivity contribution in [1.29, 1.82) is 0 Å². The topological polar surface area (TPSA) is 42.3 Å². The van der Waals surface area contributed by atoms with E-state index in [0.29, 0.717) is 29.8 Å². The van der Waals surface area contributed by atoms with Gasteiger partial charge in [-0.3, -0.25) is 9.00 Å². The highest BCUT2D eigenvalue weighted by molar-refractivity contribution is 7.88. The van der Waals surface area contributed by atoms with Crippen LogP contribution in [0.15, 0.2) is 60.0 Å². The summed E-state index contributed by atoms with van der Waals surface area (Å²) in [4.78, 5) is 15.2. The van der Waals surface area contributed by atoms with Gasteiger partial charge >= 0.3 is 0 Å². The Balaban J connectivity index is 1.96. The largest absolute Gasteiger partial charge is 0.364 e. The molecule has 1 unspecified atom stereocenters. The zero-order chi connectivity index (χ0) is 24.7. The van der Waals surface area contributed by atoms with Crippen LogP contribution in [0.4, 0.5) is 14.6 Å². The maximum Gasteiger partial charge on any atom is 0.166 e. The molecule has 0 aliphatic rings. The van der Waals surface area contributed by atoms with Gasteiger partial charge in [-0.2, -0.15) is 0 Å². The van der Waals surface area contributed by atoms with Crippen LogP contribution in [0.3, 0.4) is 0 Å². The number of hydrogen-bond acceptors (Lipinski definition) is 3. The molecular weight excluding hydrogens is 454 g/mol. The fourth-order valence-corrected chi connectivity index (χ4v) is 4.65. The lowest BCUT2D eigenvalue weighted by Crippen LogP contribution is -2.18. The molecule has 0 radical (unpaired) electrons. The molecule has 7 heteroatoms. The summed E-state index contributed by atoms with van der Waals surface area (Å²) < 4.78 is 41.1. The Morgan fingerprint density at radius 2 is 1.76 bits per heavy atom. The van der Waals surface area contributed by atoms with Crippen molar-refractivity contribution >= 4 is 28.5 Å². The Labute approximate surface area is 202 Å². The Morgan fingerprint density at radius 3 is 2.41 bits per heavy atom. The third kappa shape index (κ3) is 6.50. The zero-order valence-corrected chi connectivity index (χ0v) is 20.6. The van der Waals surface area contributed by atoms with E-state index in [0.717, 1.165) is 35.6 Å². The zero-order valence-electron chi connectivity index (χ0n) is 19.8. The summed E-state index contributed by atoms with van der Waals surface area (Å²) >= 11 is 0. The average Bonchev–Trinajstić information content (AvgIpc) is 3.17. The SMILES string of the molecule is CCCS(=O)/C=C/c1cc(C(=O)CCc2ccc(F)c(F)c2)c(N(C)C)n1Cc1ccccc1. The van der Waals surface area contributed by atoms with Crippen LogP contribution in [0.25, 0.3) is 6.08 Å². The van der Waals surface area contributed by atoms with Gasteiger partial charge in [0.25, 0.3) is 0 Å². The van der Waals surface area contributed by atoms with Crippen LogP contribution in [0.1, 0.15) is 46.9 Å². The van der Waals surface area contributed by atoms with E-state index in [1.165, 1.54) is 6.07 Å². The van der Waals surface area contributed by atoms with Crippen molar-refractivity contribution in [1.82, 2.24) is 4.57 Å². The third-order valence-electron chi connectivity index (χ3n) is 5.43. The predicted octanol–water partition coefficient (Wildman–Crippen LogP) is 5.83. The molecule has 0 aliphatic carbocycles. The molecule has 0 N–H and O–H groups in total. The highest BCUT2D eigenvalue weighted by Gasteiger charge is 2.21. The van der Waals surface area contributed by atoms with E-state index < -0.39 is 22.4 Å². The quantitative estimate of drug-likeness (QED) is 0.322. The predicted molar refractivity (Wildman–Crippen MR) is 136 cm³/mol. The summed E-state index contributed by atoms with van der Waals surface area (Å²) in [7, 11) is 2.68. The number of halogens is 2. The van der Waals surface area contributed by atoms with Crippen LogP contribution in [0, 0.1) is 11.6 Å². The minimum absolute atomic E-state index is 0.0930. The van der Waals surface area contributed by atoms with E-state index in [2.05, 4.69) is 0 Å². The molecule has 3 rings (SSSR count). The first-order chi connectivity index (χ1) is 16.3. The van der Waals surface area contributed by atoms with Crippen molar-refractivity contribution in [3.05, 3.63) is 94.0 Å². The number of rotatable bonds is 11. The van der Waals surface area contributed by atoms with Crippen LogP contribution in [-0.2, 0) is 23.8 Å². The molecule has 0 saturated carbocycles. The number of Topliss-reactive ketones (excluding diaryl/α,β-unsaturated/α-hetero) is 1. The molecule has 34 heavy (non-hydrogen) atoms. The molecule has 2 aromatic carbocycles. The number of carbonyl (C=O) groups is 1. The van der Waals surface area contributed by atoms with Gasteiger partial charge in [-0.05, 0) is 48.2 Å². The molecule has 1 aromatic heterocycles. The Hall–Kier alpha value is -3.06. The smallest absolute Gasteiger partial charge is 0.166 e. The van der Waals surface area contributed by atoms with Gasteiger partial charge < -0.3 is 9.47 Å². The van der Waals surface area contributed by atoms with Crippen LogP contribution in [-0.4, -0.2) is 34.4 Å². The van der Waals surface area contributed by atoms with Crippen LogP contribution in [0.5, 0.6) is 0 Å². The fraction of sp³-hybridized carbons (Fsp3) is 0.296. The number of benzene rings is 2. The summed E-state index contributed by atoms with van der Waals surface area (Å²) in [5.41, 5.74) is 2.97. The number of hydrogen-bond donors (Lipinski definition) is 0. The van der Waals surface area contributed by atoms with Crippen molar-refractivity contribution in [2.24, 2.45) is 0 Å². The molecule has 3 aromatic rings. The minimum Gasteiger partial charge on any atom is -0.364 e. The lowest BCUT2D eigenvalue weighted by Gasteiger charge is -2.20. The van der Waals surface area contributed by atoms with Crippen molar-refractivity contribution in [2.45, 2.75) is 32.7 Å². The van der Waals surface area contributed by atoms with Gasteiger partial charge in [-0.25, -0.2) is 8.78 Å². The van der Waals surface area contributed by atoms with Gasteiger partial charge in [-0.15, -0.1) is 0 Å². The maximum absolute atomic E-state index is 13.6. The molecule has 1 atom stereocenters. The van der Waals surface area contributed by atoms with Crippen LogP contribution in [0.2, 0.25) is 0 Å². The molecular formula is C27H30F2N2O2S. The molecule has 0 aliphatic heterocycles. The van der Waals surface area contributed by atoms with E-state index in [1.54, 1.807) is 5.41 Å². The summed E-state index contributed by atoms with van der Waals surface area (Å²) in [5.74, 6) is -0.582. The van der Waals surface area contributed by atoms with E-state index in [9.17, 15) is 17.8 Å². The van der Waals surface area contributed by atoms with Crippen LogP contribution < -0.4 is 4.90 Å². The monoisotopic (exact) mass is 484 g/mol. The second-order valence-corrected chi connectivity index (χ2v) is 9.77. The lowest BCUT2D eigenvalue weighted by atomic mass is 10.0. The first kappa shape index (κ1) is 25.6. The van der Waals surface area contributed by atoms with Gasteiger partial charge in [0.2, 0.25) is 0 Å². The number of anilines is 1. The maximum atomic E-state index is 13.6. The van der Waals surface area contributed by atoms with Gasteiger partial charge in [0, 0.05) is 54.7 Å². The van der Waals surface area contributed by atoms with Gasteiger partial charge in [0.15, 0.2) is 17.4 Å². The summed E-state index contributed by atoms with van der Waals surface area (Å²) in [6.45, 7) is 2.53. The molecule has 1 heterocycles. The normalized spacial score (nSPS) is 12.3. The Bertz CT molecular complexity index is 1190. The highest BCUT2D eigenvalue weighted by Crippen LogP contribution is 2.28. The molecule has 4 nitrogen and oxygen atoms in total. The summed E-state index contributed by atoms with van der Waals surface area (Å²) in [5, 5.41) is 1.68. The summed E-state index contributed by atoms with van der Waals surface area (Å²) in [6, 6.07) is 15.5. The Morgan fingerprint density at radius 1 is 1.03 bits per heavy atom. The van der Waals surface area contributed by atoms with E-state index >= 15 is 0 Å². The van der Waals surface area contributed by atoms with Crippen molar-refractivity contribution in [3.63, 3.8) is 0 Å². The first-order valence-electron chi connectivity index (χ1n) is 11.3. The number of aryl methyl sites for hydroxylation is 1. The van der Waals surface area contributed by atoms with Crippen LogP contribution >= 0.6 is 0 Å². The van der Waals surface area contributed by atoms with Gasteiger partial charge in [0.05, 0.1) is 5.56 Å². The molecule has 0 saturated heterocycles. The number of carbonyl (C=O) groups excluding carboxylic acids is 1. The molecule has 0 fully saturated rings. The first-order valence-corrected chi connectivity index (χ1v) is 12.7. The van der Waals surface area contributed by atoms with Crippen molar-refractivity contribution in [2.75, 3.05) is 24.7 Å². The van der Waals surface area contributed by atoms with E-state index in [1.807, 2.05) is 73.0 Å². The molecule has 0 amide bonds. The van der Waals surface area contributed by atoms with E-state index in [-0.39, 0.29) is 12.2 Å². The fourth-order valence-electron chi connectivity index (χ4n) is 3.82. The molecule has 180 valence electrons. The number of nitrogens with zero attached hydrogens (tertiary/aromatic N) is 2. The standard InChI is InChI=1S/C27H30F2N2O2S/c1-4-15-34(33)16-14-22-18-23(26(32)13-11-20-10-12-24(28)25(29)17-20)27(30(2)3)31(22)19-21-8-6-5-7-9-21/h5-10,12,14,16-18H,4,11,13,15,19H2,1-3H3/b16-14+. The second-order valence-electron chi connectivity index (χ2n) is 8.33. The van der Waals surface area contributed by atoms with Gasteiger partial charge in [0.1, 0.15) is 5.82 Å². The molecule has 0 spiro atoms. The third-order valence-corrected chi connectivity index (χ3v) is 6.68. The van der Waals surface area contributed by atoms with Gasteiger partial charge in [-0.1, -0.05) is 43.3 Å². The highest BCUT2D eigenvalue weighted by atomic mass is 32.2. The average molecular weight is 485 g/mol. The second kappa shape index (κ2) is 11.9.